The molecule has 0 fully saturated rings. The van der Waals surface area contributed by atoms with Gasteiger partial charge in [0.25, 0.3) is 0 Å². The maximum Gasteiger partial charge on any atom is 0.416 e. The smallest absolute Gasteiger partial charge is 0.240 e. The molecule has 0 amide bonds. The molecule has 0 saturated heterocycles. The Morgan fingerprint density at radius 1 is 0.917 bits per heavy atom. The minimum Gasteiger partial charge on any atom is -0.240 e. The molecular weight excluding hydrogens is 320 g/mol. The number of hydrogen-bond donors (Lipinski definition) is 0. The van der Waals surface area contributed by atoms with E-state index >= 15 is 0 Å². The van der Waals surface area contributed by atoms with Crippen LogP contribution in [0.15, 0.2) is 48.7 Å². The molecule has 0 atom stereocenters. The monoisotopic (exact) mass is 334 g/mol. The Morgan fingerprint density at radius 2 is 1.67 bits per heavy atom. The van der Waals surface area contributed by atoms with Crippen molar-refractivity contribution in [1.29, 1.82) is 0 Å². The molecule has 0 spiro atoms. The van der Waals surface area contributed by atoms with Gasteiger partial charge >= 0.3 is 6.18 Å². The number of benzene rings is 2. The molecule has 124 valence electrons. The normalized spacial score (nSPS) is 11.8. The summed E-state index contributed by atoms with van der Waals surface area (Å²) >= 11 is 0. The topological polar surface area (TPSA) is 17.8 Å². The predicted octanol–water partition coefficient (Wildman–Crippen LogP) is 5.31. The van der Waals surface area contributed by atoms with E-state index in [9.17, 15) is 17.6 Å². The van der Waals surface area contributed by atoms with Gasteiger partial charge in [0.1, 0.15) is 5.82 Å². The first kappa shape index (κ1) is 16.2. The van der Waals surface area contributed by atoms with E-state index in [1.165, 1.54) is 0 Å². The third-order valence-electron chi connectivity index (χ3n) is 3.74. The number of alkyl halides is 3. The molecule has 1 heterocycles. The number of aromatic nitrogens is 2. The van der Waals surface area contributed by atoms with Crippen LogP contribution in [0.4, 0.5) is 17.6 Å². The van der Waals surface area contributed by atoms with Gasteiger partial charge in [-0.1, -0.05) is 12.1 Å². The van der Waals surface area contributed by atoms with E-state index in [4.69, 9.17) is 0 Å². The minimum absolute atomic E-state index is 0.174. The maximum absolute atomic E-state index is 13.6. The molecule has 0 saturated carbocycles. The fourth-order valence-electron chi connectivity index (χ4n) is 2.50. The van der Waals surface area contributed by atoms with Gasteiger partial charge in [0, 0.05) is 6.20 Å². The highest BCUT2D eigenvalue weighted by molar-refractivity contribution is 5.68. The molecule has 0 aliphatic heterocycles. The Kier molecular flexibility index (Phi) is 3.91. The summed E-state index contributed by atoms with van der Waals surface area (Å²) in [4.78, 5) is 0. The average Bonchev–Trinajstić information content (AvgIpc) is 2.92. The lowest BCUT2D eigenvalue weighted by Gasteiger charge is -2.12. The van der Waals surface area contributed by atoms with Gasteiger partial charge in [0.2, 0.25) is 0 Å². The first-order valence-corrected chi connectivity index (χ1v) is 7.25. The second kappa shape index (κ2) is 5.78. The van der Waals surface area contributed by atoms with Crippen molar-refractivity contribution >= 4 is 0 Å². The highest BCUT2D eigenvalue weighted by Gasteiger charge is 2.31. The zero-order valence-corrected chi connectivity index (χ0v) is 13.0. The molecule has 3 aromatic rings. The molecule has 24 heavy (non-hydrogen) atoms. The summed E-state index contributed by atoms with van der Waals surface area (Å²) in [5, 5.41) is 4.31. The van der Waals surface area contributed by atoms with Crippen molar-refractivity contribution in [1.82, 2.24) is 9.78 Å². The molecular formula is C18H14F4N2. The van der Waals surface area contributed by atoms with Crippen molar-refractivity contribution in [2.75, 3.05) is 0 Å². The standard InChI is InChI=1S/C18H14F4N2/c1-11-3-4-13(9-17(11)24-6-5-12(2)23-24)14-7-15(18(20,21)22)10-16(19)8-14/h3-10H,1-2H3. The number of nitrogens with zero attached hydrogens (tertiary/aromatic N) is 2. The second-order valence-corrected chi connectivity index (χ2v) is 5.63. The van der Waals surface area contributed by atoms with E-state index in [2.05, 4.69) is 5.10 Å². The van der Waals surface area contributed by atoms with Crippen LogP contribution in [0.3, 0.4) is 0 Å². The molecule has 0 bridgehead atoms. The Bertz CT molecular complexity index is 894. The lowest BCUT2D eigenvalue weighted by Crippen LogP contribution is -2.05. The van der Waals surface area contributed by atoms with Crippen LogP contribution in [0.1, 0.15) is 16.8 Å². The quantitative estimate of drug-likeness (QED) is 0.580. The van der Waals surface area contributed by atoms with E-state index < -0.39 is 17.6 Å². The summed E-state index contributed by atoms with van der Waals surface area (Å²) in [5.74, 6) is -0.920. The Hall–Kier alpha value is -2.63. The second-order valence-electron chi connectivity index (χ2n) is 5.63. The summed E-state index contributed by atoms with van der Waals surface area (Å²) in [6.45, 7) is 3.72. The molecule has 0 aliphatic rings. The van der Waals surface area contributed by atoms with E-state index in [1.54, 1.807) is 29.1 Å². The first-order chi connectivity index (χ1) is 11.2. The van der Waals surface area contributed by atoms with E-state index in [0.717, 1.165) is 29.1 Å². The summed E-state index contributed by atoms with van der Waals surface area (Å²) in [6.07, 6.45) is -2.82. The van der Waals surface area contributed by atoms with Crippen molar-refractivity contribution in [3.8, 4) is 16.8 Å². The van der Waals surface area contributed by atoms with Crippen LogP contribution in [-0.4, -0.2) is 9.78 Å². The molecule has 0 N–H and O–H groups in total. The highest BCUT2D eigenvalue weighted by atomic mass is 19.4. The summed E-state index contributed by atoms with van der Waals surface area (Å²) in [7, 11) is 0. The predicted molar refractivity (Wildman–Crippen MR) is 83.4 cm³/mol. The van der Waals surface area contributed by atoms with Gasteiger partial charge in [-0.25, -0.2) is 9.07 Å². The largest absolute Gasteiger partial charge is 0.416 e. The molecule has 0 aliphatic carbocycles. The van der Waals surface area contributed by atoms with Crippen LogP contribution in [0.2, 0.25) is 0 Å². The van der Waals surface area contributed by atoms with E-state index in [0.29, 0.717) is 11.6 Å². The van der Waals surface area contributed by atoms with Crippen molar-refractivity contribution in [3.63, 3.8) is 0 Å². The molecule has 3 rings (SSSR count). The lowest BCUT2D eigenvalue weighted by atomic mass is 10.0. The molecule has 1 aromatic heterocycles. The molecule has 0 unspecified atom stereocenters. The first-order valence-electron chi connectivity index (χ1n) is 7.25. The van der Waals surface area contributed by atoms with Crippen LogP contribution >= 0.6 is 0 Å². The van der Waals surface area contributed by atoms with Crippen molar-refractivity contribution in [2.24, 2.45) is 0 Å². The maximum atomic E-state index is 13.6. The SMILES string of the molecule is Cc1ccn(-c2cc(-c3cc(F)cc(C(F)(F)F)c3)ccc2C)n1. The zero-order chi connectivity index (χ0) is 17.5. The Balaban J connectivity index is 2.12. The van der Waals surface area contributed by atoms with E-state index in [-0.39, 0.29) is 5.56 Å². The minimum atomic E-state index is -4.59. The van der Waals surface area contributed by atoms with Crippen LogP contribution in [0, 0.1) is 19.7 Å². The zero-order valence-electron chi connectivity index (χ0n) is 13.0. The van der Waals surface area contributed by atoms with Gasteiger partial charge in [-0.3, -0.25) is 0 Å². The fraction of sp³-hybridized carbons (Fsp3) is 0.167. The Labute approximate surface area is 136 Å². The van der Waals surface area contributed by atoms with Gasteiger partial charge < -0.3 is 0 Å². The molecule has 6 heteroatoms. The average molecular weight is 334 g/mol. The summed E-state index contributed by atoms with van der Waals surface area (Å²) in [6, 6.07) is 9.52. The molecule has 2 nitrogen and oxygen atoms in total. The van der Waals surface area contributed by atoms with Crippen LogP contribution in [0.25, 0.3) is 16.8 Å². The fourth-order valence-corrected chi connectivity index (χ4v) is 2.50. The molecule has 0 radical (unpaired) electrons. The van der Waals surface area contributed by atoms with Gasteiger partial charge in [0.15, 0.2) is 0 Å². The molecule has 2 aromatic carbocycles. The summed E-state index contributed by atoms with van der Waals surface area (Å²) < 4.78 is 54.0. The lowest BCUT2D eigenvalue weighted by molar-refractivity contribution is -0.137. The third kappa shape index (κ3) is 3.18. The van der Waals surface area contributed by atoms with Gasteiger partial charge in [0.05, 0.1) is 16.9 Å². The van der Waals surface area contributed by atoms with Gasteiger partial charge in [-0.15, -0.1) is 0 Å². The summed E-state index contributed by atoms with van der Waals surface area (Å²) in [5.41, 5.74) is 2.13. The van der Waals surface area contributed by atoms with Crippen molar-refractivity contribution in [2.45, 2.75) is 20.0 Å². The van der Waals surface area contributed by atoms with Crippen LogP contribution in [0.5, 0.6) is 0 Å². The highest BCUT2D eigenvalue weighted by Crippen LogP contribution is 2.34. The number of halogens is 4. The van der Waals surface area contributed by atoms with Crippen molar-refractivity contribution < 1.29 is 17.6 Å². The van der Waals surface area contributed by atoms with E-state index in [1.807, 2.05) is 19.9 Å². The number of rotatable bonds is 2. The van der Waals surface area contributed by atoms with Gasteiger partial charge in [-0.05, 0) is 60.9 Å². The van der Waals surface area contributed by atoms with Crippen LogP contribution in [-0.2, 0) is 6.18 Å². The van der Waals surface area contributed by atoms with Crippen LogP contribution < -0.4 is 0 Å². The Morgan fingerprint density at radius 3 is 2.29 bits per heavy atom. The number of aryl methyl sites for hydroxylation is 2. The number of hydrogen-bond acceptors (Lipinski definition) is 1. The van der Waals surface area contributed by atoms with Crippen molar-refractivity contribution in [3.05, 3.63) is 71.3 Å². The van der Waals surface area contributed by atoms with Gasteiger partial charge in [-0.2, -0.15) is 18.3 Å². The third-order valence-corrected chi connectivity index (χ3v) is 3.74.